The van der Waals surface area contributed by atoms with Crippen molar-refractivity contribution in [2.75, 3.05) is 6.54 Å². The third-order valence-electron chi connectivity index (χ3n) is 2.74. The first kappa shape index (κ1) is 24.1. The molecular weight excluding hydrogens is 312 g/mol. The number of ketones is 1. The number of carbonyl (C=O) groups excluding carboxylic acids is 2. The number of likely N-dealkylation sites (tertiary alicyclic amines) is 1. The summed E-state index contributed by atoms with van der Waals surface area (Å²) in [5.41, 5.74) is 1.17. The predicted octanol–water partition coefficient (Wildman–Crippen LogP) is 4.54. The average molecular weight is 338 g/mol. The first-order chi connectivity index (χ1) is 12.0. The highest BCUT2D eigenvalue weighted by Crippen LogP contribution is 2.08. The molecule has 1 aromatic carbocycles. The second-order valence-electron chi connectivity index (χ2n) is 4.64. The van der Waals surface area contributed by atoms with Crippen molar-refractivity contribution in [2.24, 2.45) is 0 Å². The van der Waals surface area contributed by atoms with Crippen LogP contribution in [-0.2, 0) is 9.59 Å². The Morgan fingerprint density at radius 1 is 1.20 bits per heavy atom. The highest BCUT2D eigenvalue weighted by atomic mass is 16.2. The van der Waals surface area contributed by atoms with Gasteiger partial charge in [-0.15, -0.1) is 0 Å². The first-order valence-electron chi connectivity index (χ1n) is 7.69. The summed E-state index contributed by atoms with van der Waals surface area (Å²) in [5, 5.41) is 7.51. The minimum Gasteiger partial charge on any atom is -0.320 e. The Morgan fingerprint density at radius 2 is 1.72 bits per heavy atom. The number of rotatable bonds is 3. The molecule has 4 nitrogen and oxygen atoms in total. The molecule has 1 heterocycles. The first-order valence-corrected chi connectivity index (χ1v) is 7.69. The van der Waals surface area contributed by atoms with Gasteiger partial charge in [-0.05, 0) is 31.2 Å². The van der Waals surface area contributed by atoms with Crippen molar-refractivity contribution >= 4 is 17.8 Å². The molecule has 1 amide bonds. The van der Waals surface area contributed by atoms with E-state index >= 15 is 0 Å². The molecule has 0 spiro atoms. The van der Waals surface area contributed by atoms with E-state index in [1.54, 1.807) is 17.2 Å². The molecule has 0 bridgehead atoms. The second-order valence-corrected chi connectivity index (χ2v) is 4.64. The Kier molecular flexibility index (Phi) is 16.5. The topological polar surface area (TPSA) is 61.2 Å². The van der Waals surface area contributed by atoms with Gasteiger partial charge in [-0.25, -0.2) is 0 Å². The molecule has 0 aliphatic carbocycles. The third kappa shape index (κ3) is 15.5. The molecule has 25 heavy (non-hydrogen) atoms. The lowest BCUT2D eigenvalue weighted by Gasteiger charge is -2.05. The molecule has 0 N–H and O–H groups in total. The summed E-state index contributed by atoms with van der Waals surface area (Å²) in [7, 11) is 0. The quantitative estimate of drug-likeness (QED) is 0.600. The Morgan fingerprint density at radius 3 is 1.92 bits per heavy atom. The number of hydrogen-bond donors (Lipinski definition) is 0. The summed E-state index contributed by atoms with van der Waals surface area (Å²) in [6.07, 6.45) is 7.58. The summed E-state index contributed by atoms with van der Waals surface area (Å²) in [6, 6.07) is 11.7. The van der Waals surface area contributed by atoms with E-state index in [0.717, 1.165) is 13.0 Å². The van der Waals surface area contributed by atoms with Crippen molar-refractivity contribution in [3.8, 4) is 6.07 Å². The van der Waals surface area contributed by atoms with Gasteiger partial charge in [0.1, 0.15) is 0 Å². The van der Waals surface area contributed by atoms with Gasteiger partial charge in [-0.1, -0.05) is 62.7 Å². The standard InChI is InChI=1S/C8H8.C6H9NO.C4H6O.C3H3N/c1-2-8-6-4-3-5-7-8;1-2-7-5-3-4-6(7)8;1-3-4(2)5;1-2-3-4/h2-7H,1H2;2H,1,3-5H2;3H,1H2,2H3;2H,1H2. The van der Waals surface area contributed by atoms with Crippen molar-refractivity contribution in [2.45, 2.75) is 19.8 Å². The van der Waals surface area contributed by atoms with Crippen molar-refractivity contribution in [3.05, 3.63) is 80.6 Å². The maximum atomic E-state index is 10.7. The smallest absolute Gasteiger partial charge is 0.226 e. The Bertz CT molecular complexity index is 598. The highest BCUT2D eigenvalue weighted by Gasteiger charge is 2.15. The van der Waals surface area contributed by atoms with Crippen LogP contribution in [0.3, 0.4) is 0 Å². The Hall–Kier alpha value is -3.19. The van der Waals surface area contributed by atoms with E-state index in [2.05, 4.69) is 26.3 Å². The molecule has 132 valence electrons. The minimum absolute atomic E-state index is 0.0185. The minimum atomic E-state index is 0.0185. The van der Waals surface area contributed by atoms with E-state index in [9.17, 15) is 9.59 Å². The summed E-state index contributed by atoms with van der Waals surface area (Å²) in [5.74, 6) is 0.227. The van der Waals surface area contributed by atoms with Gasteiger partial charge >= 0.3 is 0 Å². The molecule has 1 saturated heterocycles. The number of benzene rings is 1. The number of amides is 1. The molecule has 2 rings (SSSR count). The fourth-order valence-corrected chi connectivity index (χ4v) is 1.45. The van der Waals surface area contributed by atoms with Crippen LogP contribution in [0.4, 0.5) is 0 Å². The molecule has 0 atom stereocenters. The lowest BCUT2D eigenvalue weighted by atomic mass is 10.2. The van der Waals surface area contributed by atoms with Crippen molar-refractivity contribution in [1.29, 1.82) is 5.26 Å². The Balaban J connectivity index is 0. The van der Waals surface area contributed by atoms with E-state index in [1.807, 2.05) is 36.4 Å². The molecule has 0 radical (unpaired) electrons. The molecule has 1 fully saturated rings. The van der Waals surface area contributed by atoms with E-state index in [4.69, 9.17) is 5.26 Å². The fourth-order valence-electron chi connectivity index (χ4n) is 1.45. The molecule has 1 aromatic rings. The maximum absolute atomic E-state index is 10.7. The number of allylic oxidation sites excluding steroid dienone is 2. The van der Waals surface area contributed by atoms with Crippen molar-refractivity contribution in [1.82, 2.24) is 4.90 Å². The maximum Gasteiger partial charge on any atom is 0.226 e. The molecule has 0 saturated carbocycles. The second kappa shape index (κ2) is 17.2. The van der Waals surface area contributed by atoms with Gasteiger partial charge < -0.3 is 4.90 Å². The van der Waals surface area contributed by atoms with Crippen LogP contribution in [0.25, 0.3) is 6.08 Å². The van der Waals surface area contributed by atoms with Gasteiger partial charge in [0.05, 0.1) is 6.07 Å². The van der Waals surface area contributed by atoms with Crippen LogP contribution in [0.15, 0.2) is 75.0 Å². The van der Waals surface area contributed by atoms with Crippen LogP contribution in [0.1, 0.15) is 25.3 Å². The number of hydrogen-bond acceptors (Lipinski definition) is 3. The average Bonchev–Trinajstić information content (AvgIpc) is 3.08. The summed E-state index contributed by atoms with van der Waals surface area (Å²) >= 11 is 0. The monoisotopic (exact) mass is 338 g/mol. The third-order valence-corrected chi connectivity index (χ3v) is 2.74. The van der Waals surface area contributed by atoms with E-state index in [0.29, 0.717) is 6.42 Å². The van der Waals surface area contributed by atoms with Gasteiger partial charge in [0.15, 0.2) is 5.78 Å². The highest BCUT2D eigenvalue weighted by molar-refractivity contribution is 5.86. The van der Waals surface area contributed by atoms with Crippen LogP contribution >= 0.6 is 0 Å². The van der Waals surface area contributed by atoms with Crippen molar-refractivity contribution in [3.63, 3.8) is 0 Å². The molecule has 4 heteroatoms. The normalized spacial score (nSPS) is 10.9. The molecule has 1 aliphatic rings. The summed E-state index contributed by atoms with van der Waals surface area (Å²) in [6.45, 7) is 15.8. The number of nitrogens with zero attached hydrogens (tertiary/aromatic N) is 2. The van der Waals surface area contributed by atoms with Gasteiger partial charge in [0, 0.05) is 19.0 Å². The van der Waals surface area contributed by atoms with Gasteiger partial charge in [-0.2, -0.15) is 5.26 Å². The lowest BCUT2D eigenvalue weighted by molar-refractivity contribution is -0.125. The van der Waals surface area contributed by atoms with Gasteiger partial charge in [0.2, 0.25) is 5.91 Å². The van der Waals surface area contributed by atoms with Crippen molar-refractivity contribution < 1.29 is 9.59 Å². The number of nitriles is 1. The van der Waals surface area contributed by atoms with Gasteiger partial charge in [0.25, 0.3) is 0 Å². The molecule has 0 unspecified atom stereocenters. The largest absolute Gasteiger partial charge is 0.320 e. The summed E-state index contributed by atoms with van der Waals surface area (Å²) < 4.78 is 0. The van der Waals surface area contributed by atoms with Crippen LogP contribution in [0, 0.1) is 11.3 Å². The Labute approximate surface area is 151 Å². The fraction of sp³-hybridized carbons (Fsp3) is 0.190. The van der Waals surface area contributed by atoms with Crippen LogP contribution < -0.4 is 0 Å². The molecular formula is C21H26N2O2. The zero-order valence-electron chi connectivity index (χ0n) is 14.9. The van der Waals surface area contributed by atoms with E-state index in [-0.39, 0.29) is 11.7 Å². The van der Waals surface area contributed by atoms with Gasteiger partial charge in [-0.3, -0.25) is 9.59 Å². The molecule has 1 aliphatic heterocycles. The van der Waals surface area contributed by atoms with Crippen LogP contribution in [-0.4, -0.2) is 23.1 Å². The van der Waals surface area contributed by atoms with E-state index in [1.165, 1.54) is 24.6 Å². The predicted molar refractivity (Wildman–Crippen MR) is 104 cm³/mol. The van der Waals surface area contributed by atoms with Crippen LogP contribution in [0.5, 0.6) is 0 Å². The summed E-state index contributed by atoms with van der Waals surface area (Å²) in [4.78, 5) is 22.0. The molecule has 0 aromatic heterocycles. The SMILES string of the molecule is C=CC#N.C=CC(C)=O.C=CN1CCCC1=O.C=Cc1ccccc1. The zero-order valence-corrected chi connectivity index (χ0v) is 14.9. The van der Waals surface area contributed by atoms with E-state index < -0.39 is 0 Å². The lowest BCUT2D eigenvalue weighted by Crippen LogP contribution is -2.16. The van der Waals surface area contributed by atoms with Crippen LogP contribution in [0.2, 0.25) is 0 Å². The number of carbonyl (C=O) groups is 2. The zero-order chi connectivity index (χ0) is 19.5.